The lowest BCUT2D eigenvalue weighted by Crippen LogP contribution is -2.42. The van der Waals surface area contributed by atoms with E-state index >= 15 is 0 Å². The SMILES string of the molecule is CCSCCNc1cc(C(=O)NC[C@H](O)CN2CCc3ccccc3C2)ncn1. The zero-order chi connectivity index (χ0) is 20.5. The summed E-state index contributed by atoms with van der Waals surface area (Å²) in [4.78, 5) is 22.8. The molecule has 0 aliphatic carbocycles. The molecule has 0 fully saturated rings. The Kier molecular flexibility index (Phi) is 8.27. The van der Waals surface area contributed by atoms with Gasteiger partial charge in [0.15, 0.2) is 0 Å². The van der Waals surface area contributed by atoms with Crippen LogP contribution in [0.1, 0.15) is 28.5 Å². The highest BCUT2D eigenvalue weighted by Gasteiger charge is 2.19. The Labute approximate surface area is 176 Å². The van der Waals surface area contributed by atoms with Crippen LogP contribution in [0, 0.1) is 0 Å². The van der Waals surface area contributed by atoms with Crippen LogP contribution in [0.5, 0.6) is 0 Å². The molecular weight excluding hydrogens is 386 g/mol. The summed E-state index contributed by atoms with van der Waals surface area (Å²) in [5.74, 6) is 2.39. The lowest BCUT2D eigenvalue weighted by molar-refractivity contribution is 0.0838. The predicted octanol–water partition coefficient (Wildman–Crippen LogP) is 1.79. The zero-order valence-electron chi connectivity index (χ0n) is 16.8. The van der Waals surface area contributed by atoms with Crippen LogP contribution in [-0.4, -0.2) is 69.7 Å². The molecule has 8 heteroatoms. The second-order valence-electron chi connectivity index (χ2n) is 7.03. The summed E-state index contributed by atoms with van der Waals surface area (Å²) in [7, 11) is 0. The van der Waals surface area contributed by atoms with Crippen molar-refractivity contribution in [1.29, 1.82) is 0 Å². The number of β-amino-alcohol motifs (C(OH)–C–C–N with tert-alkyl or cyclic N) is 1. The fraction of sp³-hybridized carbons (Fsp3) is 0.476. The van der Waals surface area contributed by atoms with Crippen LogP contribution >= 0.6 is 11.8 Å². The Bertz CT molecular complexity index is 804. The quantitative estimate of drug-likeness (QED) is 0.510. The minimum atomic E-state index is -0.630. The van der Waals surface area contributed by atoms with E-state index < -0.39 is 6.10 Å². The molecule has 156 valence electrons. The van der Waals surface area contributed by atoms with Crippen molar-refractivity contribution in [1.82, 2.24) is 20.2 Å². The molecule has 1 aliphatic rings. The van der Waals surface area contributed by atoms with Crippen LogP contribution in [0.4, 0.5) is 5.82 Å². The van der Waals surface area contributed by atoms with E-state index in [2.05, 4.69) is 50.6 Å². The van der Waals surface area contributed by atoms with Gasteiger partial charge in [0, 0.05) is 44.5 Å². The maximum Gasteiger partial charge on any atom is 0.270 e. The molecule has 2 aromatic rings. The molecule has 1 aromatic carbocycles. The van der Waals surface area contributed by atoms with E-state index in [1.807, 2.05) is 17.8 Å². The van der Waals surface area contributed by atoms with Crippen molar-refractivity contribution in [3.05, 3.63) is 53.5 Å². The van der Waals surface area contributed by atoms with Gasteiger partial charge in [-0.05, 0) is 23.3 Å². The van der Waals surface area contributed by atoms with Gasteiger partial charge in [0.2, 0.25) is 0 Å². The average molecular weight is 416 g/mol. The highest BCUT2D eigenvalue weighted by atomic mass is 32.2. The van der Waals surface area contributed by atoms with E-state index in [4.69, 9.17) is 0 Å². The van der Waals surface area contributed by atoms with Gasteiger partial charge < -0.3 is 15.7 Å². The van der Waals surface area contributed by atoms with E-state index in [-0.39, 0.29) is 12.5 Å². The molecule has 0 saturated heterocycles. The fourth-order valence-electron chi connectivity index (χ4n) is 3.35. The van der Waals surface area contributed by atoms with Gasteiger partial charge >= 0.3 is 0 Å². The predicted molar refractivity (Wildman–Crippen MR) is 117 cm³/mol. The molecular formula is C21H29N5O2S. The number of amides is 1. The third-order valence-electron chi connectivity index (χ3n) is 4.83. The molecule has 3 N–H and O–H groups in total. The van der Waals surface area contributed by atoms with Gasteiger partial charge in [-0.1, -0.05) is 31.2 Å². The van der Waals surface area contributed by atoms with Crippen molar-refractivity contribution in [2.75, 3.05) is 43.0 Å². The highest BCUT2D eigenvalue weighted by Crippen LogP contribution is 2.18. The Morgan fingerprint density at radius 2 is 2.14 bits per heavy atom. The number of anilines is 1. The minimum absolute atomic E-state index is 0.191. The first-order valence-electron chi connectivity index (χ1n) is 10.0. The molecule has 29 heavy (non-hydrogen) atoms. The molecule has 1 atom stereocenters. The van der Waals surface area contributed by atoms with Crippen molar-refractivity contribution >= 4 is 23.5 Å². The Morgan fingerprint density at radius 3 is 2.97 bits per heavy atom. The first-order chi connectivity index (χ1) is 14.2. The summed E-state index contributed by atoms with van der Waals surface area (Å²) >= 11 is 1.84. The number of thioether (sulfide) groups is 1. The topological polar surface area (TPSA) is 90.4 Å². The molecule has 2 heterocycles. The fourth-order valence-corrected chi connectivity index (χ4v) is 3.88. The molecule has 1 amide bonds. The number of aliphatic hydroxyl groups excluding tert-OH is 1. The minimum Gasteiger partial charge on any atom is -0.390 e. The van der Waals surface area contributed by atoms with Gasteiger partial charge in [0.1, 0.15) is 17.8 Å². The van der Waals surface area contributed by atoms with Crippen molar-refractivity contribution in [2.45, 2.75) is 26.0 Å². The van der Waals surface area contributed by atoms with E-state index in [1.54, 1.807) is 6.07 Å². The van der Waals surface area contributed by atoms with Crippen LogP contribution in [0.15, 0.2) is 36.7 Å². The van der Waals surface area contributed by atoms with E-state index in [1.165, 1.54) is 17.5 Å². The number of carbonyl (C=O) groups is 1. The van der Waals surface area contributed by atoms with E-state index in [9.17, 15) is 9.90 Å². The first-order valence-corrected chi connectivity index (χ1v) is 11.2. The third kappa shape index (κ3) is 6.69. The molecule has 1 aromatic heterocycles. The summed E-state index contributed by atoms with van der Waals surface area (Å²) in [6.07, 6.45) is 1.74. The average Bonchev–Trinajstić information content (AvgIpc) is 2.75. The van der Waals surface area contributed by atoms with Crippen LogP contribution in [-0.2, 0) is 13.0 Å². The van der Waals surface area contributed by atoms with Crippen molar-refractivity contribution in [2.24, 2.45) is 0 Å². The maximum atomic E-state index is 12.4. The summed E-state index contributed by atoms with van der Waals surface area (Å²) < 4.78 is 0. The van der Waals surface area contributed by atoms with Gasteiger partial charge in [0.05, 0.1) is 6.10 Å². The van der Waals surface area contributed by atoms with Gasteiger partial charge in [-0.25, -0.2) is 9.97 Å². The number of carbonyl (C=O) groups excluding carboxylic acids is 1. The standard InChI is InChI=1S/C21H29N5O2S/c1-2-29-10-8-22-20-11-19(24-15-25-20)21(28)23-12-18(27)14-26-9-7-16-5-3-4-6-17(16)13-26/h3-6,11,15,18,27H,2,7-10,12-14H2,1H3,(H,23,28)(H,22,24,25)/t18-/m0/s1. The summed E-state index contributed by atoms with van der Waals surface area (Å²) in [5, 5.41) is 16.3. The van der Waals surface area contributed by atoms with Crippen LogP contribution in [0.3, 0.4) is 0 Å². The van der Waals surface area contributed by atoms with Gasteiger partial charge in [-0.2, -0.15) is 11.8 Å². The second kappa shape index (κ2) is 11.1. The number of hydrogen-bond donors (Lipinski definition) is 3. The number of hydrogen-bond acceptors (Lipinski definition) is 7. The number of fused-ring (bicyclic) bond motifs is 1. The Hall–Kier alpha value is -2.16. The highest BCUT2D eigenvalue weighted by molar-refractivity contribution is 7.99. The van der Waals surface area contributed by atoms with Crippen molar-refractivity contribution in [3.63, 3.8) is 0 Å². The monoisotopic (exact) mass is 415 g/mol. The number of nitrogens with one attached hydrogen (secondary N) is 2. The molecule has 1 aliphatic heterocycles. The second-order valence-corrected chi connectivity index (χ2v) is 8.42. The Balaban J connectivity index is 1.43. The van der Waals surface area contributed by atoms with Crippen LogP contribution < -0.4 is 10.6 Å². The number of rotatable bonds is 10. The molecule has 0 bridgehead atoms. The number of benzene rings is 1. The summed E-state index contributed by atoms with van der Waals surface area (Å²) in [6, 6.07) is 10.1. The van der Waals surface area contributed by atoms with Gasteiger partial charge in [-0.3, -0.25) is 9.69 Å². The molecule has 7 nitrogen and oxygen atoms in total. The van der Waals surface area contributed by atoms with Gasteiger partial charge in [0.25, 0.3) is 5.91 Å². The molecule has 0 saturated carbocycles. The summed E-state index contributed by atoms with van der Waals surface area (Å²) in [6.45, 7) is 5.37. The molecule has 0 radical (unpaired) electrons. The van der Waals surface area contributed by atoms with Crippen molar-refractivity contribution < 1.29 is 9.90 Å². The number of nitrogens with zero attached hydrogens (tertiary/aromatic N) is 3. The zero-order valence-corrected chi connectivity index (χ0v) is 17.6. The van der Waals surface area contributed by atoms with E-state index in [0.717, 1.165) is 37.6 Å². The van der Waals surface area contributed by atoms with Crippen molar-refractivity contribution in [3.8, 4) is 0 Å². The molecule has 3 rings (SSSR count). The normalized spacial score (nSPS) is 14.8. The van der Waals surface area contributed by atoms with E-state index in [0.29, 0.717) is 18.1 Å². The third-order valence-corrected chi connectivity index (χ3v) is 5.73. The van der Waals surface area contributed by atoms with Gasteiger partial charge in [-0.15, -0.1) is 0 Å². The largest absolute Gasteiger partial charge is 0.390 e. The van der Waals surface area contributed by atoms with Crippen LogP contribution in [0.25, 0.3) is 0 Å². The Morgan fingerprint density at radius 1 is 1.31 bits per heavy atom. The smallest absolute Gasteiger partial charge is 0.270 e. The molecule has 0 unspecified atom stereocenters. The van der Waals surface area contributed by atoms with Crippen LogP contribution in [0.2, 0.25) is 0 Å². The molecule has 0 spiro atoms. The maximum absolute atomic E-state index is 12.4. The number of aromatic nitrogens is 2. The first kappa shape index (κ1) is 21.5. The lowest BCUT2D eigenvalue weighted by Gasteiger charge is -2.30. The summed E-state index contributed by atoms with van der Waals surface area (Å²) in [5.41, 5.74) is 2.99. The number of aliphatic hydroxyl groups is 1. The lowest BCUT2D eigenvalue weighted by atomic mass is 10.00.